The fourth-order valence-corrected chi connectivity index (χ4v) is 3.86. The number of piperidine rings is 1. The molecule has 1 heterocycles. The number of aliphatic carboxylic acids is 1. The molecule has 2 fully saturated rings. The molecule has 1 unspecified atom stereocenters. The van der Waals surface area contributed by atoms with Crippen molar-refractivity contribution < 1.29 is 14.7 Å². The molecule has 1 saturated carbocycles. The molecule has 0 bridgehead atoms. The van der Waals surface area contributed by atoms with Crippen LogP contribution in [0.5, 0.6) is 0 Å². The van der Waals surface area contributed by atoms with E-state index < -0.39 is 12.0 Å². The Hall–Kier alpha value is -1.10. The van der Waals surface area contributed by atoms with Crippen molar-refractivity contribution in [3.63, 3.8) is 0 Å². The highest BCUT2D eigenvalue weighted by molar-refractivity contribution is 5.80. The summed E-state index contributed by atoms with van der Waals surface area (Å²) in [5.74, 6) is -0.837. The number of carboxylic acid groups (broad SMARTS) is 1. The number of nitrogens with zero attached hydrogens (tertiary/aromatic N) is 1. The molecule has 1 atom stereocenters. The standard InChI is InChI=1S/C16H28N2O3/c1-16(2)9-6-10-18(14(16)15(20)21)11-13(19)17-12-7-4-3-5-8-12/h12,14H,3-11H2,1-2H3,(H,17,19)(H,20,21). The van der Waals surface area contributed by atoms with E-state index in [4.69, 9.17) is 0 Å². The molecule has 2 aliphatic rings. The molecule has 5 nitrogen and oxygen atoms in total. The predicted octanol–water partition coefficient (Wildman–Crippen LogP) is 2.01. The largest absolute Gasteiger partial charge is 0.480 e. The molecule has 120 valence electrons. The van der Waals surface area contributed by atoms with Gasteiger partial charge in [-0.25, -0.2) is 0 Å². The molecule has 2 N–H and O–H groups in total. The van der Waals surface area contributed by atoms with Gasteiger partial charge < -0.3 is 10.4 Å². The summed E-state index contributed by atoms with van der Waals surface area (Å²) in [5, 5.41) is 12.6. The lowest BCUT2D eigenvalue weighted by Crippen LogP contribution is -2.57. The van der Waals surface area contributed by atoms with Gasteiger partial charge in [0.2, 0.25) is 5.91 Å². The van der Waals surface area contributed by atoms with Gasteiger partial charge in [0.25, 0.3) is 0 Å². The molecule has 0 radical (unpaired) electrons. The molecule has 2 rings (SSSR count). The van der Waals surface area contributed by atoms with Gasteiger partial charge >= 0.3 is 5.97 Å². The Morgan fingerprint density at radius 3 is 2.48 bits per heavy atom. The molecule has 0 spiro atoms. The van der Waals surface area contributed by atoms with E-state index in [1.165, 1.54) is 19.3 Å². The maximum Gasteiger partial charge on any atom is 0.321 e. The summed E-state index contributed by atoms with van der Waals surface area (Å²) in [6, 6.07) is -0.282. The van der Waals surface area contributed by atoms with Crippen molar-refractivity contribution in [3.05, 3.63) is 0 Å². The Kier molecular flexibility index (Phi) is 5.25. The maximum atomic E-state index is 12.2. The molecule has 0 aromatic carbocycles. The van der Waals surface area contributed by atoms with Gasteiger partial charge in [0, 0.05) is 6.04 Å². The molecule has 5 heteroatoms. The highest BCUT2D eigenvalue weighted by atomic mass is 16.4. The van der Waals surface area contributed by atoms with Gasteiger partial charge in [-0.2, -0.15) is 0 Å². The molecule has 1 amide bonds. The predicted molar refractivity (Wildman–Crippen MR) is 81.0 cm³/mol. The Morgan fingerprint density at radius 1 is 1.19 bits per heavy atom. The lowest BCUT2D eigenvalue weighted by atomic mass is 9.76. The fourth-order valence-electron chi connectivity index (χ4n) is 3.86. The number of amides is 1. The van der Waals surface area contributed by atoms with Crippen molar-refractivity contribution in [1.29, 1.82) is 0 Å². The van der Waals surface area contributed by atoms with Crippen LogP contribution in [0.25, 0.3) is 0 Å². The first kappa shape index (κ1) is 16.3. The molecule has 1 aliphatic carbocycles. The summed E-state index contributed by atoms with van der Waals surface area (Å²) in [6.45, 7) is 4.86. The van der Waals surface area contributed by atoms with E-state index in [0.717, 1.165) is 25.7 Å². The number of hydrogen-bond donors (Lipinski definition) is 2. The summed E-state index contributed by atoms with van der Waals surface area (Å²) in [6.07, 6.45) is 7.57. The van der Waals surface area contributed by atoms with Crippen LogP contribution in [0.4, 0.5) is 0 Å². The average Bonchev–Trinajstić information content (AvgIpc) is 2.38. The Bertz CT molecular complexity index is 389. The minimum atomic E-state index is -0.815. The summed E-state index contributed by atoms with van der Waals surface area (Å²) >= 11 is 0. The van der Waals surface area contributed by atoms with Crippen molar-refractivity contribution in [2.45, 2.75) is 70.9 Å². The smallest absolute Gasteiger partial charge is 0.321 e. The van der Waals surface area contributed by atoms with E-state index in [2.05, 4.69) is 5.32 Å². The van der Waals surface area contributed by atoms with Crippen LogP contribution in [-0.4, -0.2) is 47.1 Å². The van der Waals surface area contributed by atoms with Gasteiger partial charge in [0.15, 0.2) is 0 Å². The number of likely N-dealkylation sites (tertiary alicyclic amines) is 1. The van der Waals surface area contributed by atoms with Gasteiger partial charge in [-0.3, -0.25) is 14.5 Å². The quantitative estimate of drug-likeness (QED) is 0.832. The zero-order valence-corrected chi connectivity index (χ0v) is 13.2. The molecule has 21 heavy (non-hydrogen) atoms. The van der Waals surface area contributed by atoms with E-state index in [9.17, 15) is 14.7 Å². The van der Waals surface area contributed by atoms with Crippen molar-refractivity contribution in [3.8, 4) is 0 Å². The zero-order chi connectivity index (χ0) is 15.5. The van der Waals surface area contributed by atoms with Crippen LogP contribution in [-0.2, 0) is 9.59 Å². The Balaban J connectivity index is 1.93. The van der Waals surface area contributed by atoms with Crippen LogP contribution >= 0.6 is 0 Å². The monoisotopic (exact) mass is 296 g/mol. The average molecular weight is 296 g/mol. The summed E-state index contributed by atoms with van der Waals surface area (Å²) < 4.78 is 0. The van der Waals surface area contributed by atoms with Gasteiger partial charge in [-0.1, -0.05) is 33.1 Å². The molecular formula is C16H28N2O3. The van der Waals surface area contributed by atoms with Crippen LogP contribution in [0.3, 0.4) is 0 Å². The number of nitrogens with one attached hydrogen (secondary N) is 1. The Morgan fingerprint density at radius 2 is 1.86 bits per heavy atom. The molecule has 1 aliphatic heterocycles. The number of carbonyl (C=O) groups is 2. The first-order valence-corrected chi connectivity index (χ1v) is 8.16. The third-order valence-corrected chi connectivity index (χ3v) is 4.92. The first-order chi connectivity index (χ1) is 9.90. The van der Waals surface area contributed by atoms with Crippen LogP contribution in [0.2, 0.25) is 0 Å². The van der Waals surface area contributed by atoms with Gasteiger partial charge in [0.05, 0.1) is 6.54 Å². The van der Waals surface area contributed by atoms with Gasteiger partial charge in [-0.15, -0.1) is 0 Å². The van der Waals surface area contributed by atoms with Crippen LogP contribution in [0.1, 0.15) is 58.8 Å². The van der Waals surface area contributed by atoms with Crippen molar-refractivity contribution in [2.24, 2.45) is 5.41 Å². The number of rotatable bonds is 4. The van der Waals surface area contributed by atoms with E-state index >= 15 is 0 Å². The van der Waals surface area contributed by atoms with E-state index in [1.54, 1.807) is 0 Å². The van der Waals surface area contributed by atoms with E-state index in [0.29, 0.717) is 6.54 Å². The number of hydrogen-bond acceptors (Lipinski definition) is 3. The van der Waals surface area contributed by atoms with Crippen LogP contribution < -0.4 is 5.32 Å². The first-order valence-electron chi connectivity index (χ1n) is 8.16. The maximum absolute atomic E-state index is 12.2. The number of carbonyl (C=O) groups excluding carboxylic acids is 1. The SMILES string of the molecule is CC1(C)CCCN(CC(=O)NC2CCCCC2)C1C(=O)O. The van der Waals surface area contributed by atoms with Crippen molar-refractivity contribution >= 4 is 11.9 Å². The fraction of sp³-hybridized carbons (Fsp3) is 0.875. The summed E-state index contributed by atoms with van der Waals surface area (Å²) in [4.78, 5) is 25.6. The van der Waals surface area contributed by atoms with Crippen LogP contribution in [0, 0.1) is 5.41 Å². The topological polar surface area (TPSA) is 69.6 Å². The van der Waals surface area contributed by atoms with Gasteiger partial charge in [0.1, 0.15) is 6.04 Å². The second-order valence-electron chi connectivity index (χ2n) is 7.21. The lowest BCUT2D eigenvalue weighted by Gasteiger charge is -2.43. The third-order valence-electron chi connectivity index (χ3n) is 4.92. The minimum absolute atomic E-state index is 0.0224. The summed E-state index contributed by atoms with van der Waals surface area (Å²) in [5.41, 5.74) is -0.283. The van der Waals surface area contributed by atoms with E-state index in [-0.39, 0.29) is 23.9 Å². The minimum Gasteiger partial charge on any atom is -0.480 e. The second kappa shape index (κ2) is 6.77. The molecule has 0 aromatic heterocycles. The van der Waals surface area contributed by atoms with Crippen LogP contribution in [0.15, 0.2) is 0 Å². The highest BCUT2D eigenvalue weighted by Crippen LogP contribution is 2.35. The second-order valence-corrected chi connectivity index (χ2v) is 7.21. The van der Waals surface area contributed by atoms with E-state index in [1.807, 2.05) is 18.7 Å². The molecule has 0 aromatic rings. The Labute approximate surface area is 127 Å². The molecular weight excluding hydrogens is 268 g/mol. The zero-order valence-electron chi connectivity index (χ0n) is 13.2. The number of carboxylic acids is 1. The summed E-state index contributed by atoms with van der Waals surface area (Å²) in [7, 11) is 0. The molecule has 1 saturated heterocycles. The lowest BCUT2D eigenvalue weighted by molar-refractivity contribution is -0.151. The van der Waals surface area contributed by atoms with Crippen molar-refractivity contribution in [2.75, 3.05) is 13.1 Å². The third kappa shape index (κ3) is 4.19. The van der Waals surface area contributed by atoms with Gasteiger partial charge in [-0.05, 0) is 37.6 Å². The highest BCUT2D eigenvalue weighted by Gasteiger charge is 2.42. The normalized spacial score (nSPS) is 27.2. The van der Waals surface area contributed by atoms with Crippen molar-refractivity contribution in [1.82, 2.24) is 10.2 Å².